The molecular weight excluding hydrogens is 462 g/mol. The van der Waals surface area contributed by atoms with E-state index in [0.29, 0.717) is 16.3 Å². The molecule has 0 amide bonds. The Morgan fingerprint density at radius 1 is 0.931 bits per heavy atom. The van der Waals surface area contributed by atoms with Crippen LogP contribution in [0, 0.1) is 20.2 Å². The summed E-state index contributed by atoms with van der Waals surface area (Å²) in [4.78, 5) is 25.6. The lowest BCUT2D eigenvalue weighted by molar-refractivity contribution is -0.394. The number of rotatable bonds is 5. The summed E-state index contributed by atoms with van der Waals surface area (Å²) in [5.41, 5.74) is 0.608. The first kappa shape index (κ1) is 19.0. The SMILES string of the molecule is O=[N+]([O-])c1ccc(Oc2ccc(Br)cc2-c2nc3ccccc3s2)c([N+](=O)[O-])c1. The number of nitro benzene ring substituents is 2. The third kappa shape index (κ3) is 3.80. The molecule has 0 fully saturated rings. The number of fused-ring (bicyclic) bond motifs is 1. The van der Waals surface area contributed by atoms with Crippen molar-refractivity contribution < 1.29 is 14.6 Å². The number of halogens is 1. The predicted octanol–water partition coefficient (Wildman–Crippen LogP) is 6.33. The van der Waals surface area contributed by atoms with Crippen LogP contribution in [-0.2, 0) is 0 Å². The Labute approximate surface area is 175 Å². The molecule has 0 radical (unpaired) electrons. The van der Waals surface area contributed by atoms with E-state index in [1.54, 1.807) is 12.1 Å². The van der Waals surface area contributed by atoms with Gasteiger partial charge in [0.1, 0.15) is 10.8 Å². The van der Waals surface area contributed by atoms with Crippen LogP contribution < -0.4 is 4.74 Å². The minimum Gasteiger partial charge on any atom is -0.449 e. The minimum absolute atomic E-state index is 0.0923. The van der Waals surface area contributed by atoms with Crippen LogP contribution in [0.2, 0.25) is 0 Å². The zero-order valence-electron chi connectivity index (χ0n) is 14.4. The highest BCUT2D eigenvalue weighted by Crippen LogP contribution is 2.41. The Bertz CT molecular complexity index is 1240. The zero-order chi connectivity index (χ0) is 20.5. The van der Waals surface area contributed by atoms with Crippen LogP contribution in [0.5, 0.6) is 11.5 Å². The quantitative estimate of drug-likeness (QED) is 0.248. The first-order chi connectivity index (χ1) is 13.9. The van der Waals surface area contributed by atoms with Crippen molar-refractivity contribution in [2.24, 2.45) is 0 Å². The van der Waals surface area contributed by atoms with Gasteiger partial charge in [-0.25, -0.2) is 4.98 Å². The number of aromatic nitrogens is 1. The molecule has 29 heavy (non-hydrogen) atoms. The Hall–Kier alpha value is -3.37. The predicted molar refractivity (Wildman–Crippen MR) is 113 cm³/mol. The molecule has 0 spiro atoms. The number of hydrogen-bond donors (Lipinski definition) is 0. The number of benzene rings is 3. The van der Waals surface area contributed by atoms with E-state index in [9.17, 15) is 20.2 Å². The van der Waals surface area contributed by atoms with Crippen molar-refractivity contribution in [3.8, 4) is 22.1 Å². The van der Waals surface area contributed by atoms with Gasteiger partial charge in [-0.2, -0.15) is 0 Å². The smallest absolute Gasteiger partial charge is 0.318 e. The van der Waals surface area contributed by atoms with Crippen molar-refractivity contribution in [3.63, 3.8) is 0 Å². The van der Waals surface area contributed by atoms with Gasteiger partial charge >= 0.3 is 5.69 Å². The number of non-ortho nitro benzene ring substituents is 1. The van der Waals surface area contributed by atoms with Gasteiger partial charge in [-0.3, -0.25) is 20.2 Å². The summed E-state index contributed by atoms with van der Waals surface area (Å²) in [5.74, 6) is 0.259. The number of ether oxygens (including phenoxy) is 1. The lowest BCUT2D eigenvalue weighted by Gasteiger charge is -2.10. The van der Waals surface area contributed by atoms with Gasteiger partial charge in [-0.05, 0) is 36.4 Å². The summed E-state index contributed by atoms with van der Waals surface area (Å²) in [6.07, 6.45) is 0. The highest BCUT2D eigenvalue weighted by Gasteiger charge is 2.23. The van der Waals surface area contributed by atoms with Gasteiger partial charge in [0.15, 0.2) is 0 Å². The van der Waals surface area contributed by atoms with Crippen molar-refractivity contribution in [1.82, 2.24) is 4.98 Å². The normalized spacial score (nSPS) is 10.8. The van der Waals surface area contributed by atoms with E-state index in [-0.39, 0.29) is 11.4 Å². The summed E-state index contributed by atoms with van der Waals surface area (Å²) in [6.45, 7) is 0. The summed E-state index contributed by atoms with van der Waals surface area (Å²) < 4.78 is 7.61. The van der Waals surface area contributed by atoms with Crippen LogP contribution in [0.3, 0.4) is 0 Å². The summed E-state index contributed by atoms with van der Waals surface area (Å²) in [7, 11) is 0. The highest BCUT2D eigenvalue weighted by atomic mass is 79.9. The fraction of sp³-hybridized carbons (Fsp3) is 0. The summed E-state index contributed by atoms with van der Waals surface area (Å²) in [5, 5.41) is 23.0. The summed E-state index contributed by atoms with van der Waals surface area (Å²) >= 11 is 4.89. The molecule has 0 saturated carbocycles. The van der Waals surface area contributed by atoms with Gasteiger partial charge in [-0.15, -0.1) is 11.3 Å². The van der Waals surface area contributed by atoms with Crippen LogP contribution in [0.4, 0.5) is 11.4 Å². The van der Waals surface area contributed by atoms with Gasteiger partial charge < -0.3 is 4.74 Å². The molecule has 8 nitrogen and oxygen atoms in total. The Morgan fingerprint density at radius 2 is 1.69 bits per heavy atom. The van der Waals surface area contributed by atoms with Gasteiger partial charge in [0.05, 0.1) is 31.7 Å². The van der Waals surface area contributed by atoms with Gasteiger partial charge in [0, 0.05) is 10.5 Å². The van der Waals surface area contributed by atoms with Crippen molar-refractivity contribution in [2.45, 2.75) is 0 Å². The van der Waals surface area contributed by atoms with E-state index < -0.39 is 15.5 Å². The summed E-state index contributed by atoms with van der Waals surface area (Å²) in [6, 6.07) is 16.1. The maximum atomic E-state index is 11.4. The standard InChI is InChI=1S/C19H10BrN3O5S/c20-11-5-7-16(13(9-11)19-21-14-3-1-2-4-18(14)29-19)28-17-8-6-12(22(24)25)10-15(17)23(26)27/h1-10H. The largest absolute Gasteiger partial charge is 0.449 e. The first-order valence-electron chi connectivity index (χ1n) is 8.18. The molecule has 4 aromatic rings. The highest BCUT2D eigenvalue weighted by molar-refractivity contribution is 9.10. The van der Waals surface area contributed by atoms with Gasteiger partial charge in [0.25, 0.3) is 5.69 Å². The van der Waals surface area contributed by atoms with E-state index in [4.69, 9.17) is 4.74 Å². The van der Waals surface area contributed by atoms with Crippen molar-refractivity contribution in [3.05, 3.63) is 85.4 Å². The molecule has 0 atom stereocenters. The molecule has 10 heteroatoms. The van der Waals surface area contributed by atoms with E-state index >= 15 is 0 Å². The van der Waals surface area contributed by atoms with Crippen molar-refractivity contribution in [2.75, 3.05) is 0 Å². The molecule has 0 aliphatic carbocycles. The maximum Gasteiger partial charge on any atom is 0.318 e. The number of para-hydroxylation sites is 1. The fourth-order valence-electron chi connectivity index (χ4n) is 2.71. The van der Waals surface area contributed by atoms with E-state index in [0.717, 1.165) is 20.8 Å². The number of thiazole rings is 1. The Balaban J connectivity index is 1.81. The fourth-order valence-corrected chi connectivity index (χ4v) is 4.06. The molecule has 144 valence electrons. The lowest BCUT2D eigenvalue weighted by Crippen LogP contribution is -1.97. The molecule has 4 rings (SSSR count). The number of nitrogens with zero attached hydrogens (tertiary/aromatic N) is 3. The second kappa shape index (κ2) is 7.57. The molecule has 3 aromatic carbocycles. The van der Waals surface area contributed by atoms with Crippen LogP contribution in [0.1, 0.15) is 0 Å². The number of nitro groups is 2. The molecular formula is C19H10BrN3O5S. The maximum absolute atomic E-state index is 11.4. The molecule has 0 saturated heterocycles. The number of hydrogen-bond acceptors (Lipinski definition) is 7. The Kier molecular flexibility index (Phi) is 4.95. The third-order valence-electron chi connectivity index (χ3n) is 4.04. The first-order valence-corrected chi connectivity index (χ1v) is 9.79. The van der Waals surface area contributed by atoms with E-state index in [1.807, 2.05) is 30.3 Å². The second-order valence-electron chi connectivity index (χ2n) is 5.90. The molecule has 0 aliphatic rings. The third-order valence-corrected chi connectivity index (χ3v) is 5.60. The molecule has 0 N–H and O–H groups in total. The van der Waals surface area contributed by atoms with Gasteiger partial charge in [0.2, 0.25) is 5.75 Å². The average Bonchev–Trinajstić information content (AvgIpc) is 3.13. The van der Waals surface area contributed by atoms with Crippen LogP contribution in [-0.4, -0.2) is 14.8 Å². The minimum atomic E-state index is -0.710. The lowest BCUT2D eigenvalue weighted by atomic mass is 10.2. The van der Waals surface area contributed by atoms with Crippen molar-refractivity contribution in [1.29, 1.82) is 0 Å². The molecule has 0 unspecified atom stereocenters. The molecule has 1 heterocycles. The van der Waals surface area contributed by atoms with Gasteiger partial charge in [-0.1, -0.05) is 28.1 Å². The van der Waals surface area contributed by atoms with Crippen LogP contribution in [0.25, 0.3) is 20.8 Å². The van der Waals surface area contributed by atoms with Crippen LogP contribution in [0.15, 0.2) is 65.1 Å². The van der Waals surface area contributed by atoms with E-state index in [1.165, 1.54) is 23.5 Å². The van der Waals surface area contributed by atoms with Crippen LogP contribution >= 0.6 is 27.3 Å². The Morgan fingerprint density at radius 3 is 2.41 bits per heavy atom. The molecule has 0 bridgehead atoms. The molecule has 0 aliphatic heterocycles. The topological polar surface area (TPSA) is 108 Å². The van der Waals surface area contributed by atoms with Crippen molar-refractivity contribution >= 4 is 48.9 Å². The molecule has 1 aromatic heterocycles. The monoisotopic (exact) mass is 471 g/mol. The zero-order valence-corrected chi connectivity index (χ0v) is 16.8. The van der Waals surface area contributed by atoms with E-state index in [2.05, 4.69) is 20.9 Å². The average molecular weight is 472 g/mol. The second-order valence-corrected chi connectivity index (χ2v) is 7.84.